The largest absolute Gasteiger partial charge is 0.380 e. The Labute approximate surface area is 110 Å². The highest BCUT2D eigenvalue weighted by Gasteiger charge is 2.19. The monoisotopic (exact) mass is 248 g/mol. The topological polar surface area (TPSA) is 38.5 Å². The molecule has 0 bridgehead atoms. The highest BCUT2D eigenvalue weighted by atomic mass is 16.5. The van der Waals surface area contributed by atoms with E-state index in [1.54, 1.807) is 0 Å². The molecule has 0 aliphatic carbocycles. The fourth-order valence-electron chi connectivity index (χ4n) is 2.61. The summed E-state index contributed by atoms with van der Waals surface area (Å²) in [6.45, 7) is 5.61. The average Bonchev–Trinajstić information content (AvgIpc) is 2.41. The molecule has 2 rings (SSSR count). The van der Waals surface area contributed by atoms with Crippen LogP contribution in [0, 0.1) is 5.92 Å². The molecule has 1 atom stereocenters. The van der Waals surface area contributed by atoms with Gasteiger partial charge in [0.25, 0.3) is 0 Å². The van der Waals surface area contributed by atoms with E-state index in [1.807, 2.05) is 0 Å². The highest BCUT2D eigenvalue weighted by molar-refractivity contribution is 5.14. The highest BCUT2D eigenvalue weighted by Crippen LogP contribution is 2.18. The van der Waals surface area contributed by atoms with Crippen LogP contribution in [0.4, 0.5) is 0 Å². The SMILES string of the molecule is NCCOC[C@@H]1CCCN(Cc2ccccc2)C1. The lowest BCUT2D eigenvalue weighted by molar-refractivity contribution is 0.0620. The summed E-state index contributed by atoms with van der Waals surface area (Å²) in [7, 11) is 0. The standard InChI is InChI=1S/C15H24N2O/c16-8-10-18-13-15-7-4-9-17(12-15)11-14-5-2-1-3-6-14/h1-3,5-6,15H,4,7-13,16H2/t15-/m1/s1. The first-order valence-corrected chi connectivity index (χ1v) is 6.92. The molecule has 1 aromatic carbocycles. The lowest BCUT2D eigenvalue weighted by atomic mass is 9.98. The molecule has 18 heavy (non-hydrogen) atoms. The summed E-state index contributed by atoms with van der Waals surface area (Å²) >= 11 is 0. The number of nitrogens with two attached hydrogens (primary N) is 1. The van der Waals surface area contributed by atoms with Crippen molar-refractivity contribution >= 4 is 0 Å². The maximum Gasteiger partial charge on any atom is 0.0588 e. The zero-order valence-corrected chi connectivity index (χ0v) is 11.1. The molecular formula is C15H24N2O. The minimum absolute atomic E-state index is 0.625. The van der Waals surface area contributed by atoms with Gasteiger partial charge in [0.05, 0.1) is 13.2 Å². The number of rotatable bonds is 6. The van der Waals surface area contributed by atoms with Crippen LogP contribution in [0.5, 0.6) is 0 Å². The van der Waals surface area contributed by atoms with Crippen LogP contribution >= 0.6 is 0 Å². The Morgan fingerprint density at radius 1 is 1.28 bits per heavy atom. The molecule has 100 valence electrons. The molecule has 0 radical (unpaired) electrons. The molecule has 1 heterocycles. The van der Waals surface area contributed by atoms with Crippen molar-refractivity contribution in [2.45, 2.75) is 19.4 Å². The van der Waals surface area contributed by atoms with Gasteiger partial charge in [-0.3, -0.25) is 4.90 Å². The summed E-state index contributed by atoms with van der Waals surface area (Å²) in [5.74, 6) is 0.675. The quantitative estimate of drug-likeness (QED) is 0.781. The zero-order chi connectivity index (χ0) is 12.6. The predicted octanol–water partition coefficient (Wildman–Crippen LogP) is 1.87. The van der Waals surface area contributed by atoms with Crippen LogP contribution in [-0.2, 0) is 11.3 Å². The smallest absolute Gasteiger partial charge is 0.0588 e. The van der Waals surface area contributed by atoms with Crippen LogP contribution in [0.25, 0.3) is 0 Å². The summed E-state index contributed by atoms with van der Waals surface area (Å²) in [5.41, 5.74) is 6.84. The van der Waals surface area contributed by atoms with Crippen LogP contribution in [0.2, 0.25) is 0 Å². The fourth-order valence-corrected chi connectivity index (χ4v) is 2.61. The third kappa shape index (κ3) is 4.41. The number of likely N-dealkylation sites (tertiary alicyclic amines) is 1. The Hall–Kier alpha value is -0.900. The number of benzene rings is 1. The Morgan fingerprint density at radius 3 is 2.89 bits per heavy atom. The van der Waals surface area contributed by atoms with Crippen molar-refractivity contribution in [3.63, 3.8) is 0 Å². The van der Waals surface area contributed by atoms with E-state index in [2.05, 4.69) is 35.2 Å². The molecule has 1 aliphatic rings. The van der Waals surface area contributed by atoms with Gasteiger partial charge < -0.3 is 10.5 Å². The summed E-state index contributed by atoms with van der Waals surface area (Å²) in [6, 6.07) is 10.7. The molecule has 1 aliphatic heterocycles. The summed E-state index contributed by atoms with van der Waals surface area (Å²) in [5, 5.41) is 0. The van der Waals surface area contributed by atoms with E-state index >= 15 is 0 Å². The van der Waals surface area contributed by atoms with Gasteiger partial charge in [0.15, 0.2) is 0 Å². The number of piperidine rings is 1. The third-order valence-corrected chi connectivity index (χ3v) is 3.47. The fraction of sp³-hybridized carbons (Fsp3) is 0.600. The van der Waals surface area contributed by atoms with Crippen molar-refractivity contribution in [1.82, 2.24) is 4.90 Å². The molecule has 3 heteroatoms. The first-order chi connectivity index (χ1) is 8.88. The van der Waals surface area contributed by atoms with Gasteiger partial charge in [0.2, 0.25) is 0 Å². The number of hydrogen-bond donors (Lipinski definition) is 1. The molecule has 0 amide bonds. The van der Waals surface area contributed by atoms with E-state index in [0.717, 1.165) is 19.7 Å². The number of hydrogen-bond acceptors (Lipinski definition) is 3. The minimum Gasteiger partial charge on any atom is -0.380 e. The lowest BCUT2D eigenvalue weighted by Gasteiger charge is -2.32. The second-order valence-corrected chi connectivity index (χ2v) is 5.09. The average molecular weight is 248 g/mol. The lowest BCUT2D eigenvalue weighted by Crippen LogP contribution is -2.36. The second kappa shape index (κ2) is 7.52. The first kappa shape index (κ1) is 13.5. The van der Waals surface area contributed by atoms with E-state index in [1.165, 1.54) is 24.9 Å². The predicted molar refractivity (Wildman–Crippen MR) is 74.3 cm³/mol. The molecule has 1 fully saturated rings. The van der Waals surface area contributed by atoms with Crippen molar-refractivity contribution in [3.8, 4) is 0 Å². The summed E-state index contributed by atoms with van der Waals surface area (Å²) in [4.78, 5) is 2.54. The van der Waals surface area contributed by atoms with Gasteiger partial charge in [0, 0.05) is 19.6 Å². The molecule has 3 nitrogen and oxygen atoms in total. The number of nitrogens with zero attached hydrogens (tertiary/aromatic N) is 1. The van der Waals surface area contributed by atoms with Crippen molar-refractivity contribution in [3.05, 3.63) is 35.9 Å². The van der Waals surface area contributed by atoms with Crippen molar-refractivity contribution < 1.29 is 4.74 Å². The van der Waals surface area contributed by atoms with Crippen molar-refractivity contribution in [2.24, 2.45) is 11.7 Å². The van der Waals surface area contributed by atoms with Crippen LogP contribution < -0.4 is 5.73 Å². The Morgan fingerprint density at radius 2 is 2.11 bits per heavy atom. The zero-order valence-electron chi connectivity index (χ0n) is 11.1. The molecule has 0 spiro atoms. The van der Waals surface area contributed by atoms with E-state index in [4.69, 9.17) is 10.5 Å². The molecule has 2 N–H and O–H groups in total. The van der Waals surface area contributed by atoms with Gasteiger partial charge in [-0.25, -0.2) is 0 Å². The summed E-state index contributed by atoms with van der Waals surface area (Å²) in [6.07, 6.45) is 2.57. The molecule has 0 saturated carbocycles. The van der Waals surface area contributed by atoms with Crippen LogP contribution in [0.1, 0.15) is 18.4 Å². The molecule has 1 saturated heterocycles. The van der Waals surface area contributed by atoms with Crippen molar-refractivity contribution in [1.29, 1.82) is 0 Å². The summed E-state index contributed by atoms with van der Waals surface area (Å²) < 4.78 is 5.57. The molecule has 1 aromatic rings. The second-order valence-electron chi connectivity index (χ2n) is 5.09. The Bertz CT molecular complexity index is 329. The normalized spacial score (nSPS) is 21.1. The van der Waals surface area contributed by atoms with Gasteiger partial charge in [-0.05, 0) is 30.9 Å². The van der Waals surface area contributed by atoms with Crippen LogP contribution in [0.15, 0.2) is 30.3 Å². The maximum absolute atomic E-state index is 5.57. The van der Waals surface area contributed by atoms with E-state index in [9.17, 15) is 0 Å². The number of ether oxygens (including phenoxy) is 1. The van der Waals surface area contributed by atoms with E-state index in [-0.39, 0.29) is 0 Å². The van der Waals surface area contributed by atoms with Crippen LogP contribution in [-0.4, -0.2) is 37.7 Å². The van der Waals surface area contributed by atoms with Crippen molar-refractivity contribution in [2.75, 3.05) is 32.8 Å². The Kier molecular flexibility index (Phi) is 5.65. The first-order valence-electron chi connectivity index (χ1n) is 6.92. The third-order valence-electron chi connectivity index (χ3n) is 3.47. The van der Waals surface area contributed by atoms with E-state index < -0.39 is 0 Å². The van der Waals surface area contributed by atoms with Gasteiger partial charge >= 0.3 is 0 Å². The van der Waals surface area contributed by atoms with Crippen LogP contribution in [0.3, 0.4) is 0 Å². The maximum atomic E-state index is 5.57. The molecule has 0 unspecified atom stereocenters. The van der Waals surface area contributed by atoms with Gasteiger partial charge in [-0.1, -0.05) is 30.3 Å². The molecular weight excluding hydrogens is 224 g/mol. The van der Waals surface area contributed by atoms with Gasteiger partial charge in [-0.2, -0.15) is 0 Å². The van der Waals surface area contributed by atoms with E-state index in [0.29, 0.717) is 19.1 Å². The Balaban J connectivity index is 1.76. The van der Waals surface area contributed by atoms with Gasteiger partial charge in [0.1, 0.15) is 0 Å². The van der Waals surface area contributed by atoms with Gasteiger partial charge in [-0.15, -0.1) is 0 Å². The minimum atomic E-state index is 0.625. The molecule has 0 aromatic heterocycles.